The van der Waals surface area contributed by atoms with Crippen LogP contribution in [0.1, 0.15) is 42.2 Å². The highest BCUT2D eigenvalue weighted by Gasteiger charge is 2.43. The Morgan fingerprint density at radius 1 is 1.34 bits per heavy atom. The molecule has 1 aromatic carbocycles. The van der Waals surface area contributed by atoms with Gasteiger partial charge in [-0.2, -0.15) is 0 Å². The van der Waals surface area contributed by atoms with Gasteiger partial charge in [0.25, 0.3) is 5.91 Å². The van der Waals surface area contributed by atoms with Crippen molar-refractivity contribution in [1.82, 2.24) is 19.7 Å². The highest BCUT2D eigenvalue weighted by atomic mass is 19.1. The fraction of sp³-hybridized carbons (Fsp3) is 0.318. The average molecular weight is 440 g/mol. The first-order valence-corrected chi connectivity index (χ1v) is 10.2. The first kappa shape index (κ1) is 21.5. The van der Waals surface area contributed by atoms with Crippen molar-refractivity contribution in [2.75, 3.05) is 10.2 Å². The summed E-state index contributed by atoms with van der Waals surface area (Å²) in [7, 11) is 0. The van der Waals surface area contributed by atoms with Gasteiger partial charge in [0.1, 0.15) is 29.8 Å². The Labute approximate surface area is 183 Å². The molecule has 8 nitrogen and oxygen atoms in total. The van der Waals surface area contributed by atoms with Crippen LogP contribution in [-0.2, 0) is 4.79 Å². The lowest BCUT2D eigenvalue weighted by Gasteiger charge is -2.20. The molecule has 4 rings (SSSR count). The summed E-state index contributed by atoms with van der Waals surface area (Å²) in [5.74, 6) is -0.757. The number of anilines is 2. The number of nitrogens with one attached hydrogen (secondary N) is 1. The summed E-state index contributed by atoms with van der Waals surface area (Å²) in [5.41, 5.74) is 0.946. The number of halogens is 2. The van der Waals surface area contributed by atoms with Gasteiger partial charge in [-0.1, -0.05) is 6.07 Å². The molecule has 1 N–H and O–H groups in total. The maximum absolute atomic E-state index is 14.6. The van der Waals surface area contributed by atoms with Crippen LogP contribution in [0.2, 0.25) is 0 Å². The van der Waals surface area contributed by atoms with E-state index in [4.69, 9.17) is 0 Å². The van der Waals surface area contributed by atoms with E-state index in [1.165, 1.54) is 11.0 Å². The zero-order valence-electron chi connectivity index (χ0n) is 17.8. The minimum atomic E-state index is -1.12. The zero-order chi connectivity index (χ0) is 23.0. The number of aryl methyl sites for hydroxylation is 1. The topological polar surface area (TPSA) is 93.0 Å². The molecule has 1 unspecified atom stereocenters. The quantitative estimate of drug-likeness (QED) is 0.566. The molecule has 0 bridgehead atoms. The van der Waals surface area contributed by atoms with Crippen LogP contribution in [0.25, 0.3) is 11.5 Å². The van der Waals surface area contributed by atoms with Crippen molar-refractivity contribution in [3.63, 3.8) is 0 Å². The smallest absolute Gasteiger partial charge is 0.259 e. The largest absolute Gasteiger partial charge is 0.310 e. The van der Waals surface area contributed by atoms with Gasteiger partial charge in [-0.3, -0.25) is 9.59 Å². The van der Waals surface area contributed by atoms with Gasteiger partial charge in [0.2, 0.25) is 6.41 Å². The van der Waals surface area contributed by atoms with Crippen LogP contribution in [0.5, 0.6) is 0 Å². The number of hydrogen-bond donors (Lipinski definition) is 1. The van der Waals surface area contributed by atoms with Crippen LogP contribution < -0.4 is 10.2 Å². The van der Waals surface area contributed by atoms with Gasteiger partial charge in [-0.15, -0.1) is 10.2 Å². The molecule has 0 spiro atoms. The van der Waals surface area contributed by atoms with Gasteiger partial charge < -0.3 is 14.8 Å². The van der Waals surface area contributed by atoms with Gasteiger partial charge >= 0.3 is 0 Å². The number of carbonyl (C=O) groups excluding carboxylic acids is 2. The van der Waals surface area contributed by atoms with E-state index in [1.54, 1.807) is 31.5 Å². The fourth-order valence-corrected chi connectivity index (χ4v) is 3.48. The van der Waals surface area contributed by atoms with Crippen LogP contribution in [0, 0.1) is 12.7 Å². The van der Waals surface area contributed by atoms with E-state index in [1.807, 2.05) is 18.4 Å². The lowest BCUT2D eigenvalue weighted by atomic mass is 10.1. The SMILES string of the molecule is Cc1cc(F)c(C(=O)Nc2cccc(-c3nncn3C(C)C)n2)cc1N(C=O)C1C[C@H]1F. The van der Waals surface area contributed by atoms with Gasteiger partial charge in [0, 0.05) is 18.2 Å². The Kier molecular flexibility index (Phi) is 5.68. The predicted molar refractivity (Wildman–Crippen MR) is 115 cm³/mol. The van der Waals surface area contributed by atoms with Crippen molar-refractivity contribution in [1.29, 1.82) is 0 Å². The Hall–Kier alpha value is -3.69. The van der Waals surface area contributed by atoms with Gasteiger partial charge in [-0.05, 0) is 50.6 Å². The molecule has 3 aromatic rings. The van der Waals surface area contributed by atoms with Crippen LogP contribution in [0.3, 0.4) is 0 Å². The van der Waals surface area contributed by atoms with Crippen molar-refractivity contribution in [2.45, 2.75) is 45.4 Å². The number of carbonyl (C=O) groups is 2. The van der Waals surface area contributed by atoms with Gasteiger partial charge in [0.15, 0.2) is 5.82 Å². The molecule has 32 heavy (non-hydrogen) atoms. The second-order valence-electron chi connectivity index (χ2n) is 7.97. The van der Waals surface area contributed by atoms with E-state index < -0.39 is 23.9 Å². The molecule has 0 saturated heterocycles. The Bertz CT molecular complexity index is 1180. The van der Waals surface area contributed by atoms with E-state index in [0.717, 1.165) is 6.07 Å². The van der Waals surface area contributed by atoms with Crippen molar-refractivity contribution in [3.8, 4) is 11.5 Å². The predicted octanol–water partition coefficient (Wildman–Crippen LogP) is 3.69. The third-order valence-electron chi connectivity index (χ3n) is 5.31. The van der Waals surface area contributed by atoms with Crippen molar-refractivity contribution in [3.05, 3.63) is 53.6 Å². The number of pyridine rings is 1. The number of rotatable bonds is 7. The average Bonchev–Trinajstić information content (AvgIpc) is 3.25. The van der Waals surface area contributed by atoms with Crippen LogP contribution in [-0.4, -0.2) is 44.3 Å². The second-order valence-corrected chi connectivity index (χ2v) is 7.97. The Morgan fingerprint density at radius 2 is 2.09 bits per heavy atom. The first-order valence-electron chi connectivity index (χ1n) is 10.2. The summed E-state index contributed by atoms with van der Waals surface area (Å²) in [5, 5.41) is 10.6. The maximum Gasteiger partial charge on any atom is 0.259 e. The van der Waals surface area contributed by atoms with Crippen molar-refractivity contribution in [2.24, 2.45) is 0 Å². The third-order valence-corrected chi connectivity index (χ3v) is 5.31. The molecule has 2 aromatic heterocycles. The molecule has 10 heteroatoms. The molecule has 2 amide bonds. The minimum absolute atomic E-state index is 0.108. The summed E-state index contributed by atoms with van der Waals surface area (Å²) >= 11 is 0. The number of alkyl halides is 1. The molecule has 2 atom stereocenters. The fourth-order valence-electron chi connectivity index (χ4n) is 3.48. The van der Waals surface area contributed by atoms with Crippen LogP contribution >= 0.6 is 0 Å². The van der Waals surface area contributed by atoms with E-state index in [-0.39, 0.29) is 23.8 Å². The lowest BCUT2D eigenvalue weighted by Crippen LogP contribution is -2.27. The molecule has 0 radical (unpaired) electrons. The zero-order valence-corrected chi connectivity index (χ0v) is 17.8. The van der Waals surface area contributed by atoms with Crippen LogP contribution in [0.4, 0.5) is 20.3 Å². The molecule has 1 aliphatic rings. The normalized spacial score (nSPS) is 17.3. The standard InChI is InChI=1S/C22H22F2N6O2/c1-12(2)29-10-25-28-21(29)17-5-4-6-20(26-17)27-22(32)14-8-18(13(3)7-15(14)23)30(11-31)19-9-16(19)24/h4-8,10-12,16,19H,9H2,1-3H3,(H,26,27,32)/t16-,19?/m1/s1. The highest BCUT2D eigenvalue weighted by Crippen LogP contribution is 2.36. The Balaban J connectivity index is 1.61. The van der Waals surface area contributed by atoms with E-state index in [2.05, 4.69) is 20.5 Å². The molecule has 0 aliphatic heterocycles. The summed E-state index contributed by atoms with van der Waals surface area (Å²) < 4.78 is 30.0. The summed E-state index contributed by atoms with van der Waals surface area (Å²) in [4.78, 5) is 29.9. The number of nitrogens with zero attached hydrogens (tertiary/aromatic N) is 5. The van der Waals surface area contributed by atoms with E-state index in [9.17, 15) is 18.4 Å². The highest BCUT2D eigenvalue weighted by molar-refractivity contribution is 6.05. The number of amides is 2. The molecular formula is C22H22F2N6O2. The van der Waals surface area contributed by atoms with Gasteiger partial charge in [0.05, 0.1) is 11.6 Å². The first-order chi connectivity index (χ1) is 15.3. The minimum Gasteiger partial charge on any atom is -0.310 e. The molecule has 1 aliphatic carbocycles. The number of hydrogen-bond acceptors (Lipinski definition) is 5. The van der Waals surface area contributed by atoms with E-state index in [0.29, 0.717) is 29.2 Å². The summed E-state index contributed by atoms with van der Waals surface area (Å²) in [6.07, 6.45) is 1.19. The second kappa shape index (κ2) is 8.45. The maximum atomic E-state index is 14.6. The van der Waals surface area contributed by atoms with Crippen molar-refractivity contribution >= 4 is 23.8 Å². The number of benzene rings is 1. The summed E-state index contributed by atoms with van der Waals surface area (Å²) in [6.45, 7) is 5.55. The molecule has 1 fully saturated rings. The van der Waals surface area contributed by atoms with Gasteiger partial charge in [-0.25, -0.2) is 13.8 Å². The van der Waals surface area contributed by atoms with Crippen LogP contribution in [0.15, 0.2) is 36.7 Å². The summed E-state index contributed by atoms with van der Waals surface area (Å²) in [6, 6.07) is 6.93. The monoisotopic (exact) mass is 440 g/mol. The molecule has 2 heterocycles. The van der Waals surface area contributed by atoms with E-state index >= 15 is 0 Å². The molecular weight excluding hydrogens is 418 g/mol. The molecule has 166 valence electrons. The third kappa shape index (κ3) is 4.08. The lowest BCUT2D eigenvalue weighted by molar-refractivity contribution is -0.107. The Morgan fingerprint density at radius 3 is 2.75 bits per heavy atom. The van der Waals surface area contributed by atoms with Crippen molar-refractivity contribution < 1.29 is 18.4 Å². The number of aromatic nitrogens is 4. The molecule has 1 saturated carbocycles.